The Kier molecular flexibility index (Phi) is 6.57. The summed E-state index contributed by atoms with van der Waals surface area (Å²) in [6.45, 7) is 4.08. The van der Waals surface area contributed by atoms with E-state index in [0.717, 1.165) is 20.5 Å². The van der Waals surface area contributed by atoms with E-state index in [9.17, 15) is 4.79 Å². The standard InChI is InChI=1S/C18H20BrNO3S/c1-11-8-17(12(2)7-14(11)19)24-10-18(21)20-15-6-5-13(22-3)9-16(15)23-4/h5-9H,10H2,1-4H3,(H,20,21). The average Bonchev–Trinajstić information content (AvgIpc) is 2.57. The lowest BCUT2D eigenvalue weighted by atomic mass is 10.2. The molecule has 0 fully saturated rings. The molecule has 0 aliphatic rings. The second-order valence-corrected chi connectivity index (χ2v) is 7.14. The molecule has 0 atom stereocenters. The first kappa shape index (κ1) is 18.7. The van der Waals surface area contributed by atoms with Gasteiger partial charge in [-0.2, -0.15) is 0 Å². The largest absolute Gasteiger partial charge is 0.497 e. The van der Waals surface area contributed by atoms with Crippen molar-refractivity contribution in [2.45, 2.75) is 18.7 Å². The number of nitrogens with one attached hydrogen (secondary N) is 1. The number of thioether (sulfide) groups is 1. The second-order valence-electron chi connectivity index (χ2n) is 5.27. The van der Waals surface area contributed by atoms with Gasteiger partial charge >= 0.3 is 0 Å². The van der Waals surface area contributed by atoms with Crippen LogP contribution in [0.15, 0.2) is 39.7 Å². The third-order valence-corrected chi connectivity index (χ3v) is 5.51. The van der Waals surface area contributed by atoms with Crippen LogP contribution in [-0.4, -0.2) is 25.9 Å². The molecule has 0 aromatic heterocycles. The fourth-order valence-electron chi connectivity index (χ4n) is 2.14. The van der Waals surface area contributed by atoms with Gasteiger partial charge in [-0.1, -0.05) is 15.9 Å². The predicted octanol–water partition coefficient (Wildman–Crippen LogP) is 4.81. The predicted molar refractivity (Wildman–Crippen MR) is 103 cm³/mol. The molecule has 0 saturated heterocycles. The van der Waals surface area contributed by atoms with E-state index in [0.29, 0.717) is 22.9 Å². The molecule has 0 aliphatic carbocycles. The summed E-state index contributed by atoms with van der Waals surface area (Å²) in [6, 6.07) is 9.46. The zero-order chi connectivity index (χ0) is 17.7. The topological polar surface area (TPSA) is 47.6 Å². The number of amides is 1. The number of aryl methyl sites for hydroxylation is 2. The molecule has 0 unspecified atom stereocenters. The maximum absolute atomic E-state index is 12.2. The van der Waals surface area contributed by atoms with Gasteiger partial charge in [0.1, 0.15) is 11.5 Å². The molecule has 6 heteroatoms. The number of anilines is 1. The summed E-state index contributed by atoms with van der Waals surface area (Å²) in [7, 11) is 3.15. The van der Waals surface area contributed by atoms with Gasteiger partial charge in [-0.15, -0.1) is 11.8 Å². The number of halogens is 1. The third kappa shape index (κ3) is 4.68. The summed E-state index contributed by atoms with van der Waals surface area (Å²) < 4.78 is 11.5. The van der Waals surface area contributed by atoms with Gasteiger partial charge in [-0.25, -0.2) is 0 Å². The van der Waals surface area contributed by atoms with Crippen LogP contribution in [0.5, 0.6) is 11.5 Å². The highest BCUT2D eigenvalue weighted by atomic mass is 79.9. The van der Waals surface area contributed by atoms with E-state index < -0.39 is 0 Å². The van der Waals surface area contributed by atoms with Crippen LogP contribution in [0.1, 0.15) is 11.1 Å². The highest BCUT2D eigenvalue weighted by molar-refractivity contribution is 9.10. The Hall–Kier alpha value is -1.66. The van der Waals surface area contributed by atoms with Gasteiger partial charge in [0.2, 0.25) is 5.91 Å². The molecule has 0 saturated carbocycles. The van der Waals surface area contributed by atoms with Crippen LogP contribution in [0.2, 0.25) is 0 Å². The summed E-state index contributed by atoms with van der Waals surface area (Å²) >= 11 is 5.04. The van der Waals surface area contributed by atoms with E-state index in [4.69, 9.17) is 9.47 Å². The molecule has 0 bridgehead atoms. The van der Waals surface area contributed by atoms with Gasteiger partial charge in [0, 0.05) is 15.4 Å². The maximum atomic E-state index is 12.2. The van der Waals surface area contributed by atoms with E-state index in [-0.39, 0.29) is 5.91 Å². The lowest BCUT2D eigenvalue weighted by Gasteiger charge is -2.12. The number of hydrogen-bond acceptors (Lipinski definition) is 4. The highest BCUT2D eigenvalue weighted by Gasteiger charge is 2.11. The molecule has 2 aromatic carbocycles. The van der Waals surface area contributed by atoms with E-state index >= 15 is 0 Å². The van der Waals surface area contributed by atoms with Crippen LogP contribution in [-0.2, 0) is 4.79 Å². The Labute approximate surface area is 155 Å². The molecule has 128 valence electrons. The first-order chi connectivity index (χ1) is 11.4. The monoisotopic (exact) mass is 409 g/mol. The number of carbonyl (C=O) groups excluding carboxylic acids is 1. The van der Waals surface area contributed by atoms with E-state index in [1.165, 1.54) is 11.8 Å². The zero-order valence-electron chi connectivity index (χ0n) is 14.1. The molecule has 24 heavy (non-hydrogen) atoms. The van der Waals surface area contributed by atoms with Crippen molar-refractivity contribution in [3.05, 3.63) is 45.9 Å². The molecule has 2 rings (SSSR count). The number of carbonyl (C=O) groups is 1. The van der Waals surface area contributed by atoms with Crippen LogP contribution in [0.4, 0.5) is 5.69 Å². The molecule has 4 nitrogen and oxygen atoms in total. The summed E-state index contributed by atoms with van der Waals surface area (Å²) in [5.74, 6) is 1.50. The minimum absolute atomic E-state index is 0.0801. The van der Waals surface area contributed by atoms with E-state index in [2.05, 4.69) is 33.4 Å². The quantitative estimate of drug-likeness (QED) is 0.695. The molecule has 0 spiro atoms. The zero-order valence-corrected chi connectivity index (χ0v) is 16.5. The summed E-state index contributed by atoms with van der Waals surface area (Å²) in [5, 5.41) is 2.88. The van der Waals surface area contributed by atoms with Crippen molar-refractivity contribution in [2.75, 3.05) is 25.3 Å². The van der Waals surface area contributed by atoms with Crippen molar-refractivity contribution in [3.8, 4) is 11.5 Å². The SMILES string of the molecule is COc1ccc(NC(=O)CSc2cc(C)c(Br)cc2C)c(OC)c1. The van der Waals surface area contributed by atoms with Crippen LogP contribution in [0, 0.1) is 13.8 Å². The van der Waals surface area contributed by atoms with Crippen molar-refractivity contribution in [3.63, 3.8) is 0 Å². The fourth-order valence-corrected chi connectivity index (χ4v) is 3.50. The van der Waals surface area contributed by atoms with Gasteiger partial charge in [-0.3, -0.25) is 4.79 Å². The van der Waals surface area contributed by atoms with E-state index in [1.54, 1.807) is 32.4 Å². The molecule has 2 aromatic rings. The Morgan fingerprint density at radius 1 is 1.12 bits per heavy atom. The van der Waals surface area contributed by atoms with Gasteiger partial charge in [-0.05, 0) is 49.2 Å². The molecular weight excluding hydrogens is 390 g/mol. The Bertz CT molecular complexity index is 749. The lowest BCUT2D eigenvalue weighted by molar-refractivity contribution is -0.113. The highest BCUT2D eigenvalue weighted by Crippen LogP contribution is 2.31. The molecule has 1 amide bonds. The number of ether oxygens (including phenoxy) is 2. The molecule has 1 N–H and O–H groups in total. The van der Waals surface area contributed by atoms with E-state index in [1.807, 2.05) is 13.8 Å². The number of rotatable bonds is 6. The minimum atomic E-state index is -0.0801. The first-order valence-corrected chi connectivity index (χ1v) is 9.14. The van der Waals surface area contributed by atoms with Crippen LogP contribution < -0.4 is 14.8 Å². The third-order valence-electron chi connectivity index (χ3n) is 3.50. The maximum Gasteiger partial charge on any atom is 0.234 e. The number of hydrogen-bond donors (Lipinski definition) is 1. The smallest absolute Gasteiger partial charge is 0.234 e. The number of benzene rings is 2. The Balaban J connectivity index is 2.03. The minimum Gasteiger partial charge on any atom is -0.497 e. The lowest BCUT2D eigenvalue weighted by Crippen LogP contribution is -2.14. The average molecular weight is 410 g/mol. The molecular formula is C18H20BrNO3S. The van der Waals surface area contributed by atoms with Crippen molar-refractivity contribution < 1.29 is 14.3 Å². The van der Waals surface area contributed by atoms with Crippen molar-refractivity contribution in [1.29, 1.82) is 0 Å². The van der Waals surface area contributed by atoms with Crippen molar-refractivity contribution in [1.82, 2.24) is 0 Å². The summed E-state index contributed by atoms with van der Waals surface area (Å²) in [6.07, 6.45) is 0. The number of methoxy groups -OCH3 is 2. The summed E-state index contributed by atoms with van der Waals surface area (Å²) in [4.78, 5) is 13.3. The Morgan fingerprint density at radius 2 is 1.88 bits per heavy atom. The van der Waals surface area contributed by atoms with Crippen molar-refractivity contribution >= 4 is 39.3 Å². The van der Waals surface area contributed by atoms with Gasteiger partial charge in [0.05, 0.1) is 25.7 Å². The summed E-state index contributed by atoms with van der Waals surface area (Å²) in [5.41, 5.74) is 2.93. The van der Waals surface area contributed by atoms with Crippen LogP contribution >= 0.6 is 27.7 Å². The van der Waals surface area contributed by atoms with Crippen LogP contribution in [0.25, 0.3) is 0 Å². The van der Waals surface area contributed by atoms with Gasteiger partial charge < -0.3 is 14.8 Å². The molecule has 0 radical (unpaired) electrons. The first-order valence-electron chi connectivity index (χ1n) is 7.36. The fraction of sp³-hybridized carbons (Fsp3) is 0.278. The molecule has 0 heterocycles. The normalized spacial score (nSPS) is 10.4. The molecule has 0 aliphatic heterocycles. The van der Waals surface area contributed by atoms with Crippen LogP contribution in [0.3, 0.4) is 0 Å². The van der Waals surface area contributed by atoms with Gasteiger partial charge in [0.25, 0.3) is 0 Å². The van der Waals surface area contributed by atoms with Gasteiger partial charge in [0.15, 0.2) is 0 Å². The Morgan fingerprint density at radius 3 is 2.54 bits per heavy atom. The second kappa shape index (κ2) is 8.44. The van der Waals surface area contributed by atoms with Crippen molar-refractivity contribution in [2.24, 2.45) is 0 Å².